The molecule has 43 heteroatoms. The molecule has 0 aromatic rings. The summed E-state index contributed by atoms with van der Waals surface area (Å²) in [6, 6.07) is -6.85. The van der Waals surface area contributed by atoms with Crippen molar-refractivity contribution in [3.63, 3.8) is 0 Å². The van der Waals surface area contributed by atoms with Crippen molar-refractivity contribution in [3.05, 3.63) is 24.3 Å². The van der Waals surface area contributed by atoms with E-state index in [1.54, 1.807) is 6.08 Å². The van der Waals surface area contributed by atoms with Crippen LogP contribution in [0.1, 0.15) is 266 Å². The predicted octanol–water partition coefficient (Wildman–Crippen LogP) is -0.972. The lowest BCUT2D eigenvalue weighted by Crippen LogP contribution is -2.72. The molecule has 0 aromatic heterocycles. The van der Waals surface area contributed by atoms with E-state index >= 15 is 0 Å². The summed E-state index contributed by atoms with van der Waals surface area (Å²) in [6.45, 7) is -0.508. The zero-order valence-corrected chi connectivity index (χ0v) is 78.9. The van der Waals surface area contributed by atoms with Gasteiger partial charge in [-0.05, 0) is 44.9 Å². The van der Waals surface area contributed by atoms with Crippen molar-refractivity contribution in [3.8, 4) is 0 Å². The van der Waals surface area contributed by atoms with Gasteiger partial charge in [0.2, 0.25) is 23.6 Å². The largest absolute Gasteiger partial charge is 0.477 e. The molecule has 0 radical (unpaired) electrons. The lowest BCUT2D eigenvalue weighted by atomic mass is 9.87. The van der Waals surface area contributed by atoms with Crippen molar-refractivity contribution in [2.75, 3.05) is 46.2 Å². The van der Waals surface area contributed by atoms with E-state index < -0.39 is 296 Å². The number of aliphatic hydroxyl groups is 19. The second kappa shape index (κ2) is 62.5. The maximum absolute atomic E-state index is 13.8. The molecule has 6 aliphatic heterocycles. The second-order valence-corrected chi connectivity index (χ2v) is 36.7. The first-order chi connectivity index (χ1) is 64.6. The van der Waals surface area contributed by atoms with E-state index in [4.69, 9.17) is 56.8 Å². The Balaban J connectivity index is 1.11. The Morgan fingerprint density at radius 3 is 1.21 bits per heavy atom. The van der Waals surface area contributed by atoms with Crippen LogP contribution in [0.25, 0.3) is 0 Å². The summed E-state index contributed by atoms with van der Waals surface area (Å²) in [4.78, 5) is 78.9. The fourth-order valence-electron chi connectivity index (χ4n) is 18.0. The summed E-state index contributed by atoms with van der Waals surface area (Å²) < 4.78 is 70.8. The summed E-state index contributed by atoms with van der Waals surface area (Å²) in [5.74, 6) is -14.5. The van der Waals surface area contributed by atoms with Crippen LogP contribution in [0, 0.1) is 0 Å². The van der Waals surface area contributed by atoms with Gasteiger partial charge >= 0.3 is 11.9 Å². The number of allylic oxidation sites excluding steroid dienone is 3. The SMILES string of the molecule is CCCCCCCC/C=C\CCCCCCCCCCCCCCCC(=O)N[C@@H](CO[C@@H]1OC(CO)[C@@H](O[C@@H]2OC(CO)[C@H](O[C@@H]3OC(CO)[C@H](O)[C@H](O[C@@H]4OC(CO)[C@H](O)[C@H](O[C@]5(C(=O)O)CC(O)[C@@H](NC(C)=O)C([C@H](O)[C@@H](CO)O[C@]6(C(=O)O)CC(O)[C@@H](NC(C)=O)C([C@H](O)[C@H](O)CO)O6)O5)C4O)C3NC(C)=O)[C@H](O)C2O)[C@H](O)C1O)[C@H](O)/C=C/CCCCCCCCCCCCC. The Labute approximate surface area is 790 Å². The summed E-state index contributed by atoms with van der Waals surface area (Å²) in [5, 5.41) is 247. The zero-order chi connectivity index (χ0) is 99.5. The number of hydrogen-bond donors (Lipinski definition) is 25. The average Bonchev–Trinajstić information content (AvgIpc) is 0.747. The van der Waals surface area contributed by atoms with E-state index in [9.17, 15) is 136 Å². The van der Waals surface area contributed by atoms with Gasteiger partial charge < -0.3 is 185 Å². The van der Waals surface area contributed by atoms with Gasteiger partial charge in [-0.3, -0.25) is 19.2 Å². The quantitative estimate of drug-likeness (QED) is 0.0257. The number of hydrogen-bond acceptors (Lipinski definition) is 37. The summed E-state index contributed by atoms with van der Waals surface area (Å²) >= 11 is 0. The first kappa shape index (κ1) is 119. The maximum atomic E-state index is 13.8. The van der Waals surface area contributed by atoms with Gasteiger partial charge in [0, 0.05) is 40.0 Å². The molecule has 6 saturated heterocycles. The Hall–Kier alpha value is -4.94. The van der Waals surface area contributed by atoms with E-state index in [1.807, 2.05) is 6.08 Å². The van der Waals surface area contributed by atoms with Gasteiger partial charge in [-0.2, -0.15) is 0 Å². The molecule has 43 nitrogen and oxygen atoms in total. The standard InChI is InChI=1S/C92H162N4O39/c1-6-8-10-12-14-16-18-20-21-22-23-24-25-26-27-28-29-31-33-35-37-39-41-43-66(110)96-56(57(106)42-40-38-36-34-32-30-19-17-15-13-11-9-7-2)52-124-86-76(117)74(115)80(64(50-101)127-86)130-87-77(118)75(116)79(65(51-102)128-87)129-85-69(95-55(5)105)81(71(112)61(47-98)125-85)131-88-78(119)84(72(113)62(48-99)126-88)135-92(90(122)123)45-59(108)68(94-54(4)104)83(134-92)73(114)63(49-100)132-91(89(120)121)44-58(107)67(93-53(3)103)82(133-91)70(111)60(109)46-97/h20-21,40,42,56-65,67-88,97-102,106-109,111-119H,6-19,22-39,41,43-52H2,1-5H3,(H,93,103)(H,94,104)(H,95,105)(H,96,110)(H,120,121)(H,122,123)/b21-20-,42-40+/t56-,57+,58?,59?,60+,61?,62?,63+,64?,65?,67+,68+,69?,70+,71-,72-,73+,74+,75+,76?,77?,78?,79-,80+,81+,82?,83?,84-,85-,86+,87-,88-,91+,92-/m0/s1. The van der Waals surface area contributed by atoms with Crippen LogP contribution in [-0.2, 0) is 85.6 Å². The topological polar surface area (TPSA) is 686 Å². The monoisotopic (exact) mass is 1950 g/mol. The second-order valence-electron chi connectivity index (χ2n) is 36.7. The van der Waals surface area contributed by atoms with Crippen molar-refractivity contribution in [1.29, 1.82) is 0 Å². The minimum atomic E-state index is -3.52. The minimum Gasteiger partial charge on any atom is -0.477 e. The van der Waals surface area contributed by atoms with Gasteiger partial charge in [0.1, 0.15) is 134 Å². The molecular formula is C92H162N4O39. The first-order valence-corrected chi connectivity index (χ1v) is 48.9. The molecule has 25 N–H and O–H groups in total. The Morgan fingerprint density at radius 2 is 0.770 bits per heavy atom. The van der Waals surface area contributed by atoms with Crippen molar-refractivity contribution in [2.45, 2.75) is 473 Å². The van der Waals surface area contributed by atoms with Crippen LogP contribution >= 0.6 is 0 Å². The molecule has 12 unspecified atom stereocenters. The zero-order valence-electron chi connectivity index (χ0n) is 78.9. The Morgan fingerprint density at radius 1 is 0.400 bits per heavy atom. The molecular weight excluding hydrogens is 1790 g/mol. The molecule has 784 valence electrons. The maximum Gasteiger partial charge on any atom is 0.364 e. The van der Waals surface area contributed by atoms with Gasteiger partial charge in [0.05, 0.1) is 82.7 Å². The molecule has 0 spiro atoms. The van der Waals surface area contributed by atoms with Crippen molar-refractivity contribution in [2.24, 2.45) is 0 Å². The van der Waals surface area contributed by atoms with Crippen LogP contribution in [0.15, 0.2) is 24.3 Å². The minimum absolute atomic E-state index is 0.148. The normalized spacial score (nSPS) is 33.8. The van der Waals surface area contributed by atoms with Gasteiger partial charge in [-0.15, -0.1) is 0 Å². The number of carboxylic acid groups (broad SMARTS) is 2. The van der Waals surface area contributed by atoms with Gasteiger partial charge in [0.15, 0.2) is 25.2 Å². The number of amides is 4. The number of nitrogens with one attached hydrogen (secondary N) is 4. The van der Waals surface area contributed by atoms with E-state index in [0.717, 1.165) is 85.0 Å². The highest BCUT2D eigenvalue weighted by Gasteiger charge is 2.64. The molecule has 4 amide bonds. The number of ether oxygens (including phenoxy) is 12. The molecule has 34 atom stereocenters. The van der Waals surface area contributed by atoms with Gasteiger partial charge in [-0.1, -0.05) is 205 Å². The summed E-state index contributed by atoms with van der Waals surface area (Å²) in [7, 11) is 0. The molecule has 6 fully saturated rings. The number of aliphatic hydroxyl groups excluding tert-OH is 19. The third kappa shape index (κ3) is 36.8. The fraction of sp³-hybridized carbons (Fsp3) is 0.891. The van der Waals surface area contributed by atoms with E-state index in [1.165, 1.54) is 135 Å². The van der Waals surface area contributed by atoms with Crippen molar-refractivity contribution in [1.82, 2.24) is 21.3 Å². The van der Waals surface area contributed by atoms with Crippen LogP contribution in [0.2, 0.25) is 0 Å². The first-order valence-electron chi connectivity index (χ1n) is 48.9. The van der Waals surface area contributed by atoms with Crippen molar-refractivity contribution < 1.29 is 193 Å². The Kier molecular flexibility index (Phi) is 55.0. The molecule has 6 aliphatic rings. The Bertz CT molecular complexity index is 3400. The molecule has 0 aromatic carbocycles. The smallest absolute Gasteiger partial charge is 0.364 e. The van der Waals surface area contributed by atoms with Crippen LogP contribution in [-0.4, -0.2) is 396 Å². The highest BCUT2D eigenvalue weighted by Crippen LogP contribution is 2.43. The molecule has 0 aliphatic carbocycles. The van der Waals surface area contributed by atoms with Crippen LogP contribution in [0.4, 0.5) is 0 Å². The van der Waals surface area contributed by atoms with Gasteiger partial charge in [0.25, 0.3) is 11.6 Å². The third-order valence-corrected chi connectivity index (χ3v) is 25.8. The van der Waals surface area contributed by atoms with Crippen LogP contribution < -0.4 is 21.3 Å². The molecule has 6 heterocycles. The number of rotatable bonds is 66. The van der Waals surface area contributed by atoms with Gasteiger partial charge in [-0.25, -0.2) is 9.59 Å². The van der Waals surface area contributed by atoms with Crippen LogP contribution in [0.3, 0.4) is 0 Å². The lowest BCUT2D eigenvalue weighted by Gasteiger charge is -2.52. The molecule has 0 saturated carbocycles. The average molecular weight is 1950 g/mol. The molecule has 6 rings (SSSR count). The number of carboxylic acids is 2. The molecule has 0 bridgehead atoms. The highest BCUT2D eigenvalue weighted by molar-refractivity contribution is 5.78. The van der Waals surface area contributed by atoms with E-state index in [2.05, 4.69) is 47.3 Å². The predicted molar refractivity (Wildman–Crippen MR) is 477 cm³/mol. The number of carbonyl (C=O) groups excluding carboxylic acids is 4. The summed E-state index contributed by atoms with van der Waals surface area (Å²) in [5.41, 5.74) is 0. The highest BCUT2D eigenvalue weighted by atomic mass is 16.8. The number of unbranched alkanes of at least 4 members (excludes halogenated alkanes) is 30. The number of carbonyl (C=O) groups is 6. The summed E-state index contributed by atoms with van der Waals surface area (Å²) in [6.07, 6.45) is -16.7. The number of aliphatic carboxylic acids is 2. The molecule has 135 heavy (non-hydrogen) atoms. The van der Waals surface area contributed by atoms with E-state index in [0.29, 0.717) is 12.8 Å². The van der Waals surface area contributed by atoms with Crippen LogP contribution in [0.5, 0.6) is 0 Å². The lowest BCUT2D eigenvalue weighted by molar-refractivity contribution is -0.390. The fourth-order valence-corrected chi connectivity index (χ4v) is 18.0. The third-order valence-electron chi connectivity index (χ3n) is 25.8. The van der Waals surface area contributed by atoms with E-state index in [-0.39, 0.29) is 12.3 Å². The van der Waals surface area contributed by atoms with Crippen molar-refractivity contribution >= 4 is 35.6 Å².